The van der Waals surface area contributed by atoms with Gasteiger partial charge in [-0.2, -0.15) is 0 Å². The highest BCUT2D eigenvalue weighted by molar-refractivity contribution is 6.28. The van der Waals surface area contributed by atoms with E-state index in [0.717, 1.165) is 5.82 Å². The zero-order valence-electron chi connectivity index (χ0n) is 7.59. The Bertz CT molecular complexity index is 264. The summed E-state index contributed by atoms with van der Waals surface area (Å²) in [4.78, 5) is 4.17. The highest BCUT2D eigenvalue weighted by Crippen LogP contribution is 2.29. The van der Waals surface area contributed by atoms with Gasteiger partial charge in [0.1, 0.15) is 5.82 Å². The highest BCUT2D eigenvalue weighted by Gasteiger charge is 2.17. The van der Waals surface area contributed by atoms with Crippen LogP contribution >= 0.6 is 11.6 Å². The largest absolute Gasteiger partial charge is 0.262 e. The first-order valence-electron chi connectivity index (χ1n) is 4.94. The summed E-state index contributed by atoms with van der Waals surface area (Å²) in [6, 6.07) is 0. The van der Waals surface area contributed by atoms with Gasteiger partial charge in [-0.15, -0.1) is 5.10 Å². The molecule has 13 heavy (non-hydrogen) atoms. The smallest absolute Gasteiger partial charge is 0.242 e. The average Bonchev–Trinajstić information content (AvgIpc) is 2.43. The summed E-state index contributed by atoms with van der Waals surface area (Å²) < 4.78 is 0. The molecule has 0 saturated heterocycles. The van der Waals surface area contributed by atoms with Crippen molar-refractivity contribution < 1.29 is 0 Å². The molecule has 1 aliphatic rings. The van der Waals surface area contributed by atoms with Crippen molar-refractivity contribution in [2.45, 2.75) is 44.4 Å². The van der Waals surface area contributed by atoms with Gasteiger partial charge in [0.25, 0.3) is 0 Å². The standard InChI is InChI=1S/C9H14ClN3/c10-9-11-8(12-13-9)7-5-3-1-2-4-6-7/h7H,1-6H2,(H,11,12,13). The maximum Gasteiger partial charge on any atom is 0.242 e. The van der Waals surface area contributed by atoms with Gasteiger partial charge in [0, 0.05) is 5.92 Å². The summed E-state index contributed by atoms with van der Waals surface area (Å²) in [5.74, 6) is 1.54. The van der Waals surface area contributed by atoms with Crippen molar-refractivity contribution in [2.24, 2.45) is 0 Å². The fourth-order valence-corrected chi connectivity index (χ4v) is 2.12. The summed E-state index contributed by atoms with van der Waals surface area (Å²) in [7, 11) is 0. The van der Waals surface area contributed by atoms with E-state index < -0.39 is 0 Å². The first-order chi connectivity index (χ1) is 6.36. The second-order valence-corrected chi connectivity index (χ2v) is 4.02. The van der Waals surface area contributed by atoms with Crippen molar-refractivity contribution in [2.75, 3.05) is 0 Å². The highest BCUT2D eigenvalue weighted by atomic mass is 35.5. The average molecular weight is 200 g/mol. The molecule has 2 rings (SSSR count). The van der Waals surface area contributed by atoms with Crippen LogP contribution < -0.4 is 0 Å². The van der Waals surface area contributed by atoms with Gasteiger partial charge < -0.3 is 0 Å². The van der Waals surface area contributed by atoms with Gasteiger partial charge in [-0.3, -0.25) is 5.10 Å². The Kier molecular flexibility index (Phi) is 2.83. The van der Waals surface area contributed by atoms with E-state index in [9.17, 15) is 0 Å². The molecule has 1 fully saturated rings. The van der Waals surface area contributed by atoms with E-state index in [1.165, 1.54) is 38.5 Å². The lowest BCUT2D eigenvalue weighted by Crippen LogP contribution is -1.99. The summed E-state index contributed by atoms with van der Waals surface area (Å²) in [6.07, 6.45) is 7.79. The lowest BCUT2D eigenvalue weighted by atomic mass is 10.00. The number of hydrogen-bond acceptors (Lipinski definition) is 2. The predicted octanol–water partition coefficient (Wildman–Crippen LogP) is 2.90. The Balaban J connectivity index is 2.06. The van der Waals surface area contributed by atoms with Crippen LogP contribution in [0.4, 0.5) is 0 Å². The van der Waals surface area contributed by atoms with Crippen LogP contribution in [0.3, 0.4) is 0 Å². The lowest BCUT2D eigenvalue weighted by molar-refractivity contribution is 0.562. The monoisotopic (exact) mass is 199 g/mol. The molecule has 1 aliphatic carbocycles. The third-order valence-electron chi connectivity index (χ3n) is 2.72. The molecule has 3 nitrogen and oxygen atoms in total. The third kappa shape index (κ3) is 2.21. The van der Waals surface area contributed by atoms with E-state index in [2.05, 4.69) is 15.2 Å². The minimum Gasteiger partial charge on any atom is -0.262 e. The molecule has 72 valence electrons. The number of aromatic amines is 1. The number of aromatic nitrogens is 3. The van der Waals surface area contributed by atoms with Crippen LogP contribution in [0, 0.1) is 0 Å². The number of halogens is 1. The maximum absolute atomic E-state index is 5.67. The number of H-pyrrole nitrogens is 1. The van der Waals surface area contributed by atoms with Crippen LogP contribution in [0.25, 0.3) is 0 Å². The van der Waals surface area contributed by atoms with Gasteiger partial charge in [0.15, 0.2) is 0 Å². The Hall–Kier alpha value is -0.570. The topological polar surface area (TPSA) is 41.6 Å². The van der Waals surface area contributed by atoms with Crippen molar-refractivity contribution in [1.29, 1.82) is 0 Å². The van der Waals surface area contributed by atoms with Gasteiger partial charge in [-0.05, 0) is 24.4 Å². The van der Waals surface area contributed by atoms with Crippen molar-refractivity contribution in [1.82, 2.24) is 15.2 Å². The lowest BCUT2D eigenvalue weighted by Gasteiger charge is -2.08. The van der Waals surface area contributed by atoms with Crippen LogP contribution in [0.15, 0.2) is 0 Å². The minimum absolute atomic E-state index is 0.347. The van der Waals surface area contributed by atoms with Crippen LogP contribution in [0.5, 0.6) is 0 Å². The van der Waals surface area contributed by atoms with Crippen molar-refractivity contribution in [3.05, 3.63) is 11.1 Å². The molecule has 1 aromatic heterocycles. The van der Waals surface area contributed by atoms with Crippen molar-refractivity contribution in [3.63, 3.8) is 0 Å². The molecule has 0 amide bonds. The van der Waals surface area contributed by atoms with Crippen LogP contribution in [0.1, 0.15) is 50.3 Å². The van der Waals surface area contributed by atoms with Crippen LogP contribution in [0.2, 0.25) is 5.28 Å². The third-order valence-corrected chi connectivity index (χ3v) is 2.89. The molecule has 0 radical (unpaired) electrons. The first kappa shape index (κ1) is 9.00. The molecule has 1 N–H and O–H groups in total. The van der Waals surface area contributed by atoms with Gasteiger partial charge >= 0.3 is 0 Å². The number of nitrogens with zero attached hydrogens (tertiary/aromatic N) is 2. The van der Waals surface area contributed by atoms with E-state index in [0.29, 0.717) is 11.2 Å². The van der Waals surface area contributed by atoms with Gasteiger partial charge in [-0.25, -0.2) is 4.98 Å². The van der Waals surface area contributed by atoms with Gasteiger partial charge in [0.2, 0.25) is 5.28 Å². The second-order valence-electron chi connectivity index (χ2n) is 3.68. The van der Waals surface area contributed by atoms with E-state index in [1.807, 2.05) is 0 Å². The number of rotatable bonds is 1. The van der Waals surface area contributed by atoms with E-state index >= 15 is 0 Å². The number of nitrogens with one attached hydrogen (secondary N) is 1. The molecule has 0 aromatic carbocycles. The molecular formula is C9H14ClN3. The molecule has 4 heteroatoms. The second kappa shape index (κ2) is 4.09. The van der Waals surface area contributed by atoms with Crippen molar-refractivity contribution >= 4 is 11.6 Å². The van der Waals surface area contributed by atoms with E-state index in [-0.39, 0.29) is 0 Å². The predicted molar refractivity (Wildman–Crippen MR) is 51.8 cm³/mol. The fraction of sp³-hybridized carbons (Fsp3) is 0.778. The summed E-state index contributed by atoms with van der Waals surface area (Å²) in [6.45, 7) is 0. The molecule has 0 spiro atoms. The molecule has 0 bridgehead atoms. The normalized spacial score (nSPS) is 20.1. The Morgan fingerprint density at radius 2 is 1.85 bits per heavy atom. The fourth-order valence-electron chi connectivity index (χ4n) is 1.99. The SMILES string of the molecule is Clc1n[nH]c(C2CCCCCC2)n1. The zero-order chi connectivity index (χ0) is 9.10. The van der Waals surface area contributed by atoms with Crippen molar-refractivity contribution in [3.8, 4) is 0 Å². The molecule has 1 heterocycles. The molecule has 0 atom stereocenters. The van der Waals surface area contributed by atoms with Crippen LogP contribution in [-0.4, -0.2) is 15.2 Å². The Morgan fingerprint density at radius 1 is 1.15 bits per heavy atom. The first-order valence-corrected chi connectivity index (χ1v) is 5.32. The summed E-state index contributed by atoms with van der Waals surface area (Å²) in [5, 5.41) is 7.11. The van der Waals surface area contributed by atoms with Gasteiger partial charge in [-0.1, -0.05) is 25.7 Å². The summed E-state index contributed by atoms with van der Waals surface area (Å²) in [5.41, 5.74) is 0. The Labute approximate surface area is 82.9 Å². The molecule has 1 aromatic rings. The molecular weight excluding hydrogens is 186 g/mol. The summed E-state index contributed by atoms with van der Waals surface area (Å²) >= 11 is 5.67. The van der Waals surface area contributed by atoms with Gasteiger partial charge in [0.05, 0.1) is 0 Å². The van der Waals surface area contributed by atoms with E-state index in [1.54, 1.807) is 0 Å². The maximum atomic E-state index is 5.67. The molecule has 0 unspecified atom stereocenters. The molecule has 1 saturated carbocycles. The zero-order valence-corrected chi connectivity index (χ0v) is 8.35. The number of hydrogen-bond donors (Lipinski definition) is 1. The quantitative estimate of drug-likeness (QED) is 0.707. The van der Waals surface area contributed by atoms with E-state index in [4.69, 9.17) is 11.6 Å². The van der Waals surface area contributed by atoms with Crippen LogP contribution in [-0.2, 0) is 0 Å². The Morgan fingerprint density at radius 3 is 2.38 bits per heavy atom. The molecule has 0 aliphatic heterocycles. The minimum atomic E-state index is 0.347.